The second kappa shape index (κ2) is 13.1. The highest BCUT2D eigenvalue weighted by molar-refractivity contribution is 7.89. The van der Waals surface area contributed by atoms with Crippen LogP contribution in [-0.4, -0.2) is 71.8 Å². The number of nitrogens with one attached hydrogen (secondary N) is 3. The molecule has 0 saturated carbocycles. The van der Waals surface area contributed by atoms with Crippen LogP contribution in [0.1, 0.15) is 22.8 Å². The van der Waals surface area contributed by atoms with Gasteiger partial charge in [0.1, 0.15) is 16.9 Å². The number of anilines is 1. The lowest BCUT2D eigenvalue weighted by molar-refractivity contribution is -0.114. The number of sulfonamides is 1. The molecule has 38 heavy (non-hydrogen) atoms. The fourth-order valence-electron chi connectivity index (χ4n) is 3.88. The van der Waals surface area contributed by atoms with Gasteiger partial charge >= 0.3 is 0 Å². The summed E-state index contributed by atoms with van der Waals surface area (Å²) in [4.78, 5) is 36.8. The molecule has 0 aliphatic rings. The summed E-state index contributed by atoms with van der Waals surface area (Å²) < 4.78 is 33.5. The van der Waals surface area contributed by atoms with Gasteiger partial charge in [0.05, 0.1) is 13.2 Å². The number of benzene rings is 3. The van der Waals surface area contributed by atoms with E-state index in [9.17, 15) is 22.8 Å². The number of carbonyl (C=O) groups is 3. The van der Waals surface area contributed by atoms with Gasteiger partial charge in [-0.1, -0.05) is 30.3 Å². The van der Waals surface area contributed by atoms with Crippen molar-refractivity contribution in [1.82, 2.24) is 14.9 Å². The first-order chi connectivity index (χ1) is 18.1. The fraction of sp³-hybridized carbons (Fsp3) is 0.296. The summed E-state index contributed by atoms with van der Waals surface area (Å²) in [6.45, 7) is 2.34. The number of nitrogens with zero attached hydrogens (tertiary/aromatic N) is 1. The van der Waals surface area contributed by atoms with Gasteiger partial charge in [-0.25, -0.2) is 13.1 Å². The molecule has 2 amide bonds. The van der Waals surface area contributed by atoms with Gasteiger partial charge in [0, 0.05) is 43.8 Å². The predicted molar refractivity (Wildman–Crippen MR) is 146 cm³/mol. The first kappa shape index (κ1) is 28.8. The molecule has 3 N–H and O–H groups in total. The number of hydrogen-bond donors (Lipinski definition) is 3. The van der Waals surface area contributed by atoms with E-state index >= 15 is 0 Å². The van der Waals surface area contributed by atoms with E-state index in [0.29, 0.717) is 30.5 Å². The molecule has 0 unspecified atom stereocenters. The molecule has 0 heterocycles. The molecule has 3 aromatic rings. The Kier molecular flexibility index (Phi) is 9.94. The quantitative estimate of drug-likeness (QED) is 0.283. The lowest BCUT2D eigenvalue weighted by Gasteiger charge is -2.15. The van der Waals surface area contributed by atoms with Gasteiger partial charge in [-0.2, -0.15) is 0 Å². The fourth-order valence-corrected chi connectivity index (χ4v) is 4.95. The number of fused-ring (bicyclic) bond motifs is 1. The Balaban J connectivity index is 1.83. The lowest BCUT2D eigenvalue weighted by atomic mass is 9.97. The Bertz CT molecular complexity index is 1420. The third-order valence-corrected chi connectivity index (χ3v) is 7.11. The van der Waals surface area contributed by atoms with E-state index < -0.39 is 10.0 Å². The van der Waals surface area contributed by atoms with E-state index in [1.165, 1.54) is 25.1 Å². The zero-order valence-corrected chi connectivity index (χ0v) is 22.4. The van der Waals surface area contributed by atoms with Gasteiger partial charge < -0.3 is 25.1 Å². The van der Waals surface area contributed by atoms with E-state index in [2.05, 4.69) is 15.4 Å². The Morgan fingerprint density at radius 1 is 1.03 bits per heavy atom. The number of ether oxygens (including phenoxy) is 1. The van der Waals surface area contributed by atoms with Crippen LogP contribution in [-0.2, 0) is 26.0 Å². The molecular weight excluding hydrogens is 508 g/mol. The summed E-state index contributed by atoms with van der Waals surface area (Å²) in [6.07, 6.45) is 0.871. The Morgan fingerprint density at radius 3 is 2.45 bits per heavy atom. The molecule has 3 aromatic carbocycles. The normalized spacial score (nSPS) is 11.4. The Morgan fingerprint density at radius 2 is 1.76 bits per heavy atom. The monoisotopic (exact) mass is 540 g/mol. The van der Waals surface area contributed by atoms with Crippen molar-refractivity contribution in [2.24, 2.45) is 0 Å². The number of carbonyl (C=O) groups excluding carboxylic acids is 3. The maximum absolute atomic E-state index is 12.8. The van der Waals surface area contributed by atoms with Crippen molar-refractivity contribution in [2.45, 2.75) is 18.2 Å². The highest BCUT2D eigenvalue weighted by Gasteiger charge is 2.20. The van der Waals surface area contributed by atoms with Crippen LogP contribution in [0.4, 0.5) is 5.69 Å². The van der Waals surface area contributed by atoms with Gasteiger partial charge in [-0.05, 0) is 48.6 Å². The number of likely N-dealkylation sites (N-methyl/N-ethyl adjacent to an activating group) is 1. The molecule has 0 atom stereocenters. The maximum atomic E-state index is 12.8. The van der Waals surface area contributed by atoms with Crippen LogP contribution in [0.15, 0.2) is 59.5 Å². The van der Waals surface area contributed by atoms with Crippen LogP contribution in [0.3, 0.4) is 0 Å². The number of hydrogen-bond acceptors (Lipinski definition) is 7. The molecule has 0 spiro atoms. The standard InChI is InChI=1S/C27H32N4O6S/c1-19(33)30-21-9-11-26(38(35,36)29-14-16-32)25(18-21)37-17-12-20-8-10-24(23-7-5-4-6-22(20)23)27(34)28-13-15-31(2)3/h4-11,16,18,29H,12-15,17H2,1-3H3,(H,28,34)(H,30,33). The summed E-state index contributed by atoms with van der Waals surface area (Å²) in [5.74, 6) is -0.433. The highest BCUT2D eigenvalue weighted by Crippen LogP contribution is 2.29. The van der Waals surface area contributed by atoms with Crippen LogP contribution < -0.4 is 20.1 Å². The van der Waals surface area contributed by atoms with E-state index in [1.807, 2.05) is 49.3 Å². The van der Waals surface area contributed by atoms with Crippen molar-refractivity contribution < 1.29 is 27.5 Å². The van der Waals surface area contributed by atoms with Crippen LogP contribution in [0, 0.1) is 0 Å². The smallest absolute Gasteiger partial charge is 0.251 e. The highest BCUT2D eigenvalue weighted by atomic mass is 32.2. The number of amides is 2. The summed E-state index contributed by atoms with van der Waals surface area (Å²) in [7, 11) is -0.145. The molecule has 10 nitrogen and oxygen atoms in total. The minimum atomic E-state index is -4.02. The summed E-state index contributed by atoms with van der Waals surface area (Å²) in [5.41, 5.74) is 1.87. The summed E-state index contributed by atoms with van der Waals surface area (Å²) >= 11 is 0. The average molecular weight is 541 g/mol. The number of rotatable bonds is 13. The second-order valence-electron chi connectivity index (χ2n) is 8.84. The first-order valence-electron chi connectivity index (χ1n) is 12.0. The van der Waals surface area contributed by atoms with Crippen molar-refractivity contribution in [2.75, 3.05) is 45.7 Å². The van der Waals surface area contributed by atoms with Gasteiger partial charge in [-0.3, -0.25) is 9.59 Å². The van der Waals surface area contributed by atoms with Crippen LogP contribution in [0.2, 0.25) is 0 Å². The van der Waals surface area contributed by atoms with Crippen molar-refractivity contribution in [3.05, 3.63) is 65.7 Å². The van der Waals surface area contributed by atoms with Gasteiger partial charge in [0.25, 0.3) is 5.91 Å². The Labute approximate surface area is 222 Å². The molecule has 0 radical (unpaired) electrons. The zero-order chi connectivity index (χ0) is 27.7. The molecule has 0 aromatic heterocycles. The summed E-state index contributed by atoms with van der Waals surface area (Å²) in [5, 5.41) is 7.25. The zero-order valence-electron chi connectivity index (χ0n) is 21.6. The first-order valence-corrected chi connectivity index (χ1v) is 13.5. The maximum Gasteiger partial charge on any atom is 0.251 e. The molecule has 3 rings (SSSR count). The SMILES string of the molecule is CC(=O)Nc1ccc(S(=O)(=O)NCC=O)c(OCCc2ccc(C(=O)NCCN(C)C)c3ccccc23)c1. The largest absolute Gasteiger partial charge is 0.492 e. The molecule has 0 aliphatic heterocycles. The third-order valence-electron chi connectivity index (χ3n) is 5.64. The average Bonchev–Trinajstić information content (AvgIpc) is 2.87. The van der Waals surface area contributed by atoms with Gasteiger partial charge in [0.2, 0.25) is 15.9 Å². The molecule has 0 saturated heterocycles. The van der Waals surface area contributed by atoms with Crippen molar-refractivity contribution in [3.8, 4) is 5.75 Å². The molecule has 11 heteroatoms. The Hall–Kier alpha value is -3.80. The molecule has 202 valence electrons. The molecule has 0 fully saturated rings. The molecular formula is C27H32N4O6S. The van der Waals surface area contributed by atoms with Gasteiger partial charge in [-0.15, -0.1) is 0 Å². The van der Waals surface area contributed by atoms with Gasteiger partial charge in [0.15, 0.2) is 0 Å². The third kappa shape index (κ3) is 7.60. The summed E-state index contributed by atoms with van der Waals surface area (Å²) in [6, 6.07) is 15.4. The van der Waals surface area contributed by atoms with Crippen molar-refractivity contribution in [3.63, 3.8) is 0 Å². The van der Waals surface area contributed by atoms with E-state index in [-0.39, 0.29) is 35.6 Å². The van der Waals surface area contributed by atoms with E-state index in [1.54, 1.807) is 6.07 Å². The van der Waals surface area contributed by atoms with Crippen molar-refractivity contribution >= 4 is 44.6 Å². The lowest BCUT2D eigenvalue weighted by Crippen LogP contribution is -2.31. The van der Waals surface area contributed by atoms with Crippen LogP contribution in [0.25, 0.3) is 10.8 Å². The predicted octanol–water partition coefficient (Wildman–Crippen LogP) is 2.19. The van der Waals surface area contributed by atoms with Crippen molar-refractivity contribution in [1.29, 1.82) is 0 Å². The number of aldehydes is 1. The minimum Gasteiger partial charge on any atom is -0.492 e. The van der Waals surface area contributed by atoms with E-state index in [0.717, 1.165) is 22.9 Å². The second-order valence-corrected chi connectivity index (χ2v) is 10.6. The molecule has 0 bridgehead atoms. The van der Waals surface area contributed by atoms with Crippen LogP contribution in [0.5, 0.6) is 5.75 Å². The van der Waals surface area contributed by atoms with Crippen LogP contribution >= 0.6 is 0 Å². The minimum absolute atomic E-state index is 0.0378. The topological polar surface area (TPSA) is 134 Å². The molecule has 0 aliphatic carbocycles. The van der Waals surface area contributed by atoms with E-state index in [4.69, 9.17) is 4.74 Å².